The minimum absolute atomic E-state index is 0.565. The Morgan fingerprint density at radius 2 is 0.732 bits per heavy atom. The summed E-state index contributed by atoms with van der Waals surface area (Å²) in [4.78, 5) is 15.8. The largest absolute Gasteiger partial charge is 0.309 e. The molecule has 5 heteroatoms. The molecule has 3 aromatic heterocycles. The summed E-state index contributed by atoms with van der Waals surface area (Å²) < 4.78 is 4.57. The highest BCUT2D eigenvalue weighted by Crippen LogP contribution is 2.39. The van der Waals surface area contributed by atoms with Crippen molar-refractivity contribution in [3.8, 4) is 56.7 Å². The molecule has 11 rings (SSSR count). The molecule has 5 nitrogen and oxygen atoms in total. The first-order valence-electron chi connectivity index (χ1n) is 18.9. The number of hydrogen-bond acceptors (Lipinski definition) is 3. The van der Waals surface area contributed by atoms with Crippen LogP contribution in [0.2, 0.25) is 0 Å². The lowest BCUT2D eigenvalue weighted by Crippen LogP contribution is -2.06. The third-order valence-corrected chi connectivity index (χ3v) is 10.8. The minimum atomic E-state index is 0.565. The Morgan fingerprint density at radius 3 is 1.39 bits per heavy atom. The molecule has 0 fully saturated rings. The van der Waals surface area contributed by atoms with Crippen LogP contribution in [0.25, 0.3) is 100 Å². The van der Waals surface area contributed by atoms with Gasteiger partial charge in [-0.05, 0) is 64.7 Å². The van der Waals surface area contributed by atoms with Crippen molar-refractivity contribution in [3.05, 3.63) is 200 Å². The number of benzene rings is 8. The van der Waals surface area contributed by atoms with Gasteiger partial charge in [0.05, 0.1) is 22.1 Å². The molecular formula is C51H33N5. The Bertz CT molecular complexity index is 3220. The van der Waals surface area contributed by atoms with Gasteiger partial charge in [0.15, 0.2) is 11.6 Å². The Labute approximate surface area is 323 Å². The van der Waals surface area contributed by atoms with Crippen LogP contribution in [-0.4, -0.2) is 24.1 Å². The van der Waals surface area contributed by atoms with Gasteiger partial charge in [-0.2, -0.15) is 9.97 Å². The number of aromatic nitrogens is 5. The van der Waals surface area contributed by atoms with Crippen molar-refractivity contribution >= 4 is 43.6 Å². The second-order valence-corrected chi connectivity index (χ2v) is 14.1. The van der Waals surface area contributed by atoms with Crippen LogP contribution in [0.1, 0.15) is 0 Å². The molecule has 0 spiro atoms. The molecule has 0 aliphatic rings. The summed E-state index contributed by atoms with van der Waals surface area (Å²) in [6.07, 6.45) is 0. The van der Waals surface area contributed by atoms with Crippen LogP contribution in [-0.2, 0) is 0 Å². The minimum Gasteiger partial charge on any atom is -0.309 e. The number of rotatable bonds is 6. The molecule has 0 atom stereocenters. The predicted octanol–water partition coefficient (Wildman–Crippen LogP) is 12.7. The van der Waals surface area contributed by atoms with Gasteiger partial charge in [-0.15, -0.1) is 0 Å². The standard InChI is InChI=1S/C51H33N5/c1-4-15-34(16-5-1)36-27-29-37(30-28-36)49-52-50(39-20-14-19-38(31-39)35-17-6-2-7-18-35)54-51(53-49)56-46-26-13-11-24-42(46)44-32-43-41-23-10-12-25-45(41)55(47(43)33-48(44)56)40-21-8-3-9-22-40/h1-33H. The maximum Gasteiger partial charge on any atom is 0.238 e. The van der Waals surface area contributed by atoms with Gasteiger partial charge < -0.3 is 4.57 Å². The van der Waals surface area contributed by atoms with E-state index in [0.717, 1.165) is 60.8 Å². The van der Waals surface area contributed by atoms with Crippen molar-refractivity contribution in [3.63, 3.8) is 0 Å². The Hall–Kier alpha value is -7.63. The highest BCUT2D eigenvalue weighted by atomic mass is 15.2. The molecule has 0 unspecified atom stereocenters. The maximum atomic E-state index is 5.31. The average molecular weight is 716 g/mol. The fraction of sp³-hybridized carbons (Fsp3) is 0. The lowest BCUT2D eigenvalue weighted by Gasteiger charge is -2.12. The van der Waals surface area contributed by atoms with Crippen molar-refractivity contribution in [2.75, 3.05) is 0 Å². The van der Waals surface area contributed by atoms with Gasteiger partial charge >= 0.3 is 0 Å². The number of para-hydroxylation sites is 3. The van der Waals surface area contributed by atoms with E-state index in [1.165, 1.54) is 21.9 Å². The third-order valence-electron chi connectivity index (χ3n) is 10.8. The highest BCUT2D eigenvalue weighted by molar-refractivity contribution is 6.19. The van der Waals surface area contributed by atoms with Crippen LogP contribution in [0.4, 0.5) is 0 Å². The maximum absolute atomic E-state index is 5.31. The third kappa shape index (κ3) is 5.29. The Balaban J connectivity index is 1.18. The average Bonchev–Trinajstić information content (AvgIpc) is 3.78. The molecule has 0 amide bonds. The first-order chi connectivity index (χ1) is 27.8. The molecule has 3 heterocycles. The van der Waals surface area contributed by atoms with Gasteiger partial charge in [0, 0.05) is 38.4 Å². The SMILES string of the molecule is c1ccc(-c2ccc(-c3nc(-c4cccc(-c5ccccc5)c4)nc(-n4c5ccccc5c5cc6c7ccccc7n(-c7ccccc7)c6cc54)n3)cc2)cc1. The van der Waals surface area contributed by atoms with Crippen molar-refractivity contribution in [1.29, 1.82) is 0 Å². The van der Waals surface area contributed by atoms with E-state index in [4.69, 9.17) is 15.0 Å². The second kappa shape index (κ2) is 13.0. The van der Waals surface area contributed by atoms with E-state index >= 15 is 0 Å². The van der Waals surface area contributed by atoms with Crippen LogP contribution >= 0.6 is 0 Å². The second-order valence-electron chi connectivity index (χ2n) is 14.1. The van der Waals surface area contributed by atoms with Crippen LogP contribution in [0.15, 0.2) is 200 Å². The number of fused-ring (bicyclic) bond motifs is 6. The molecule has 262 valence electrons. The van der Waals surface area contributed by atoms with Crippen LogP contribution in [0, 0.1) is 0 Å². The summed E-state index contributed by atoms with van der Waals surface area (Å²) in [5.74, 6) is 1.79. The highest BCUT2D eigenvalue weighted by Gasteiger charge is 2.21. The summed E-state index contributed by atoms with van der Waals surface area (Å²) in [7, 11) is 0. The van der Waals surface area contributed by atoms with Crippen LogP contribution < -0.4 is 0 Å². The summed E-state index contributed by atoms with van der Waals surface area (Å²) in [5.41, 5.74) is 11.8. The molecule has 0 aliphatic carbocycles. The van der Waals surface area contributed by atoms with E-state index in [2.05, 4.69) is 197 Å². The van der Waals surface area contributed by atoms with Gasteiger partial charge in [0.1, 0.15) is 0 Å². The quantitative estimate of drug-likeness (QED) is 0.172. The lowest BCUT2D eigenvalue weighted by atomic mass is 10.0. The zero-order valence-corrected chi connectivity index (χ0v) is 30.3. The monoisotopic (exact) mass is 715 g/mol. The van der Waals surface area contributed by atoms with E-state index in [0.29, 0.717) is 17.6 Å². The van der Waals surface area contributed by atoms with Gasteiger partial charge in [0.2, 0.25) is 5.95 Å². The molecule has 0 aliphatic heterocycles. The summed E-state index contributed by atoms with van der Waals surface area (Å²) >= 11 is 0. The van der Waals surface area contributed by atoms with Crippen molar-refractivity contribution < 1.29 is 0 Å². The smallest absolute Gasteiger partial charge is 0.238 e. The fourth-order valence-electron chi connectivity index (χ4n) is 8.14. The number of nitrogens with zero attached hydrogens (tertiary/aromatic N) is 5. The molecule has 0 N–H and O–H groups in total. The van der Waals surface area contributed by atoms with E-state index < -0.39 is 0 Å². The van der Waals surface area contributed by atoms with Gasteiger partial charge in [-0.3, -0.25) is 4.57 Å². The van der Waals surface area contributed by atoms with Gasteiger partial charge in [-0.1, -0.05) is 158 Å². The normalized spacial score (nSPS) is 11.6. The first-order valence-corrected chi connectivity index (χ1v) is 18.9. The topological polar surface area (TPSA) is 48.5 Å². The summed E-state index contributed by atoms with van der Waals surface area (Å²) in [6, 6.07) is 70.3. The summed E-state index contributed by atoms with van der Waals surface area (Å²) in [6.45, 7) is 0. The van der Waals surface area contributed by atoms with Crippen LogP contribution in [0.5, 0.6) is 0 Å². The van der Waals surface area contributed by atoms with E-state index in [-0.39, 0.29) is 0 Å². The molecule has 8 aromatic carbocycles. The fourth-order valence-corrected chi connectivity index (χ4v) is 8.14. The molecule has 0 radical (unpaired) electrons. The van der Waals surface area contributed by atoms with E-state index in [9.17, 15) is 0 Å². The molecule has 56 heavy (non-hydrogen) atoms. The first kappa shape index (κ1) is 31.9. The molecule has 11 aromatic rings. The Kier molecular flexibility index (Phi) is 7.42. The molecule has 0 saturated heterocycles. The van der Waals surface area contributed by atoms with Gasteiger partial charge in [-0.25, -0.2) is 4.98 Å². The summed E-state index contributed by atoms with van der Waals surface area (Å²) in [5, 5.41) is 4.70. The molecule has 0 bridgehead atoms. The zero-order valence-electron chi connectivity index (χ0n) is 30.3. The predicted molar refractivity (Wildman–Crippen MR) is 230 cm³/mol. The number of hydrogen-bond donors (Lipinski definition) is 0. The van der Waals surface area contributed by atoms with Crippen LogP contribution in [0.3, 0.4) is 0 Å². The van der Waals surface area contributed by atoms with E-state index in [1.54, 1.807) is 0 Å². The Morgan fingerprint density at radius 1 is 0.268 bits per heavy atom. The molecule has 0 saturated carbocycles. The molecular weight excluding hydrogens is 683 g/mol. The van der Waals surface area contributed by atoms with Crippen molar-refractivity contribution in [1.82, 2.24) is 24.1 Å². The van der Waals surface area contributed by atoms with Crippen molar-refractivity contribution in [2.45, 2.75) is 0 Å². The van der Waals surface area contributed by atoms with Gasteiger partial charge in [0.25, 0.3) is 0 Å². The van der Waals surface area contributed by atoms with E-state index in [1.807, 2.05) is 12.1 Å². The lowest BCUT2D eigenvalue weighted by molar-refractivity contribution is 0.953. The van der Waals surface area contributed by atoms with Crippen molar-refractivity contribution in [2.24, 2.45) is 0 Å². The zero-order chi connectivity index (χ0) is 37.0.